The summed E-state index contributed by atoms with van der Waals surface area (Å²) in [6.07, 6.45) is -3.56. The zero-order valence-corrected chi connectivity index (χ0v) is 15.0. The number of carbonyl (C=O) groups excluding carboxylic acids is 1. The summed E-state index contributed by atoms with van der Waals surface area (Å²) in [5.41, 5.74) is 0.0712. The maximum Gasteiger partial charge on any atom is 0.256 e. The second-order valence-electron chi connectivity index (χ2n) is 7.56. The predicted molar refractivity (Wildman–Crippen MR) is 87.6 cm³/mol. The smallest absolute Gasteiger partial charge is 0.256 e. The van der Waals surface area contributed by atoms with Crippen molar-refractivity contribution in [3.8, 4) is 0 Å². The highest BCUT2D eigenvalue weighted by atomic mass is 19.1. The van der Waals surface area contributed by atoms with Gasteiger partial charge in [0.05, 0.1) is 5.69 Å². The molecule has 3 saturated heterocycles. The summed E-state index contributed by atoms with van der Waals surface area (Å²) in [5.74, 6) is -2.83. The molecule has 1 amide bonds. The van der Waals surface area contributed by atoms with E-state index in [1.807, 2.05) is 0 Å². The van der Waals surface area contributed by atoms with Crippen LogP contribution in [0.1, 0.15) is 27.7 Å². The number of hydrogen-bond acceptors (Lipinski definition) is 6. The second kappa shape index (κ2) is 5.97. The van der Waals surface area contributed by atoms with Crippen molar-refractivity contribution in [1.82, 2.24) is 0 Å². The fraction of sp³-hybridized carbons (Fsp3) is 0.611. The Morgan fingerprint density at radius 2 is 1.58 bits per heavy atom. The van der Waals surface area contributed by atoms with Gasteiger partial charge in [-0.25, -0.2) is 4.39 Å². The van der Waals surface area contributed by atoms with Gasteiger partial charge >= 0.3 is 0 Å². The van der Waals surface area contributed by atoms with Crippen LogP contribution in [0, 0.1) is 5.82 Å². The number of ether oxygens (including phenoxy) is 5. The summed E-state index contributed by atoms with van der Waals surface area (Å²) in [6, 6.07) is 5.93. The molecular formula is C18H22FNO6. The van der Waals surface area contributed by atoms with Gasteiger partial charge in [0.1, 0.15) is 24.1 Å². The first-order chi connectivity index (χ1) is 12.2. The van der Waals surface area contributed by atoms with Crippen LogP contribution < -0.4 is 5.32 Å². The Kier molecular flexibility index (Phi) is 4.09. The summed E-state index contributed by atoms with van der Waals surface area (Å²) in [7, 11) is 0. The normalized spacial score (nSPS) is 37.0. The van der Waals surface area contributed by atoms with Gasteiger partial charge in [-0.2, -0.15) is 0 Å². The molecule has 3 heterocycles. The number of carbonyl (C=O) groups is 1. The molecule has 142 valence electrons. The minimum absolute atomic E-state index is 0.0712. The van der Waals surface area contributed by atoms with Crippen molar-refractivity contribution in [3.63, 3.8) is 0 Å². The monoisotopic (exact) mass is 367 g/mol. The lowest BCUT2D eigenvalue weighted by Gasteiger charge is -2.36. The van der Waals surface area contributed by atoms with Crippen molar-refractivity contribution in [1.29, 1.82) is 0 Å². The van der Waals surface area contributed by atoms with Gasteiger partial charge < -0.3 is 29.0 Å². The summed E-state index contributed by atoms with van der Waals surface area (Å²) < 4.78 is 43.2. The van der Waals surface area contributed by atoms with Gasteiger partial charge in [-0.3, -0.25) is 4.79 Å². The van der Waals surface area contributed by atoms with Crippen molar-refractivity contribution in [2.75, 3.05) is 5.32 Å². The van der Waals surface area contributed by atoms with Crippen LogP contribution in [0.4, 0.5) is 10.1 Å². The van der Waals surface area contributed by atoms with Gasteiger partial charge in [-0.1, -0.05) is 12.1 Å². The molecule has 3 aliphatic heterocycles. The first-order valence-electron chi connectivity index (χ1n) is 8.57. The molecule has 0 spiro atoms. The van der Waals surface area contributed by atoms with Crippen molar-refractivity contribution in [3.05, 3.63) is 30.1 Å². The molecule has 1 N–H and O–H groups in total. The van der Waals surface area contributed by atoms with Gasteiger partial charge in [0.15, 0.2) is 24.0 Å². The van der Waals surface area contributed by atoms with E-state index in [2.05, 4.69) is 5.32 Å². The first-order valence-corrected chi connectivity index (χ1v) is 8.57. The molecule has 1 aromatic carbocycles. The lowest BCUT2D eigenvalue weighted by atomic mass is 9.98. The van der Waals surface area contributed by atoms with Crippen LogP contribution in [-0.2, 0) is 28.5 Å². The molecule has 26 heavy (non-hydrogen) atoms. The SMILES string of the molecule is CC1(C)O[C@@H]2O[C@H](C(=O)Nc3ccccc3F)[C@@H]3OC(C)(C)O[C@H]3[C@@H]2O1. The number of nitrogens with one attached hydrogen (secondary N) is 1. The number of amides is 1. The number of halogens is 1. The molecule has 0 saturated carbocycles. The third kappa shape index (κ3) is 3.12. The van der Waals surface area contributed by atoms with Gasteiger partial charge in [0, 0.05) is 0 Å². The molecule has 5 atom stereocenters. The fourth-order valence-electron chi connectivity index (χ4n) is 3.59. The van der Waals surface area contributed by atoms with Crippen LogP contribution in [-0.4, -0.2) is 48.2 Å². The van der Waals surface area contributed by atoms with E-state index < -0.39 is 54.0 Å². The summed E-state index contributed by atoms with van der Waals surface area (Å²) in [4.78, 5) is 12.8. The fourth-order valence-corrected chi connectivity index (χ4v) is 3.59. The van der Waals surface area contributed by atoms with Crippen molar-refractivity contribution >= 4 is 11.6 Å². The summed E-state index contributed by atoms with van der Waals surface area (Å²) >= 11 is 0. The average Bonchev–Trinajstić information content (AvgIpc) is 3.02. The number of anilines is 1. The number of benzene rings is 1. The molecule has 0 aromatic heterocycles. The zero-order valence-electron chi connectivity index (χ0n) is 15.0. The van der Waals surface area contributed by atoms with Crippen molar-refractivity contribution < 1.29 is 32.9 Å². The lowest BCUT2D eigenvalue weighted by Crippen LogP contribution is -2.58. The number of hydrogen-bond donors (Lipinski definition) is 1. The molecule has 3 aliphatic rings. The third-order valence-corrected chi connectivity index (χ3v) is 4.54. The van der Waals surface area contributed by atoms with E-state index in [0.29, 0.717) is 0 Å². The number of para-hydroxylation sites is 1. The van der Waals surface area contributed by atoms with E-state index >= 15 is 0 Å². The standard InChI is InChI=1S/C18H22FNO6/c1-17(2)23-11-12(24-17)14-16(26-18(3,4)25-14)22-13(11)15(21)20-10-8-6-5-7-9(10)19/h5-8,11-14,16H,1-4H3,(H,20,21)/t11-,12-,13+,14+,16+/m1/s1. The van der Waals surface area contributed by atoms with Gasteiger partial charge in [-0.15, -0.1) is 0 Å². The van der Waals surface area contributed by atoms with E-state index in [1.165, 1.54) is 12.1 Å². The molecular weight excluding hydrogens is 345 g/mol. The summed E-state index contributed by atoms with van der Waals surface area (Å²) in [6.45, 7) is 7.04. The van der Waals surface area contributed by atoms with Crippen LogP contribution in [0.5, 0.6) is 0 Å². The minimum Gasteiger partial charge on any atom is -0.342 e. The Labute approximate surface area is 150 Å². The molecule has 0 bridgehead atoms. The quantitative estimate of drug-likeness (QED) is 0.863. The zero-order chi connectivity index (χ0) is 18.7. The Balaban J connectivity index is 1.59. The Morgan fingerprint density at radius 3 is 2.31 bits per heavy atom. The lowest BCUT2D eigenvalue weighted by molar-refractivity contribution is -0.229. The number of rotatable bonds is 2. The molecule has 3 fully saturated rings. The van der Waals surface area contributed by atoms with Crippen molar-refractivity contribution in [2.24, 2.45) is 0 Å². The van der Waals surface area contributed by atoms with Gasteiger partial charge in [0.25, 0.3) is 5.91 Å². The summed E-state index contributed by atoms with van der Waals surface area (Å²) in [5, 5.41) is 2.55. The largest absolute Gasteiger partial charge is 0.342 e. The molecule has 0 radical (unpaired) electrons. The molecule has 0 unspecified atom stereocenters. The maximum absolute atomic E-state index is 13.9. The minimum atomic E-state index is -1.03. The molecule has 7 nitrogen and oxygen atoms in total. The third-order valence-electron chi connectivity index (χ3n) is 4.54. The highest BCUT2D eigenvalue weighted by Gasteiger charge is 2.62. The highest BCUT2D eigenvalue weighted by molar-refractivity contribution is 5.95. The van der Waals surface area contributed by atoms with E-state index in [1.54, 1.807) is 39.8 Å². The van der Waals surface area contributed by atoms with E-state index in [4.69, 9.17) is 23.7 Å². The Morgan fingerprint density at radius 1 is 0.962 bits per heavy atom. The topological polar surface area (TPSA) is 75.3 Å². The van der Waals surface area contributed by atoms with E-state index in [-0.39, 0.29) is 5.69 Å². The van der Waals surface area contributed by atoms with Crippen LogP contribution in [0.15, 0.2) is 24.3 Å². The van der Waals surface area contributed by atoms with E-state index in [9.17, 15) is 9.18 Å². The molecule has 4 rings (SSSR count). The van der Waals surface area contributed by atoms with Crippen LogP contribution in [0.25, 0.3) is 0 Å². The number of fused-ring (bicyclic) bond motifs is 3. The predicted octanol–water partition coefficient (Wildman–Crippen LogP) is 2.16. The second-order valence-corrected chi connectivity index (χ2v) is 7.56. The van der Waals surface area contributed by atoms with Crippen LogP contribution >= 0.6 is 0 Å². The first kappa shape index (κ1) is 17.8. The highest BCUT2D eigenvalue weighted by Crippen LogP contribution is 2.44. The van der Waals surface area contributed by atoms with Crippen molar-refractivity contribution in [2.45, 2.75) is 70.0 Å². The average molecular weight is 367 g/mol. The van der Waals surface area contributed by atoms with Gasteiger partial charge in [-0.05, 0) is 39.8 Å². The maximum atomic E-state index is 13.9. The van der Waals surface area contributed by atoms with Gasteiger partial charge in [0.2, 0.25) is 0 Å². The van der Waals surface area contributed by atoms with Crippen LogP contribution in [0.3, 0.4) is 0 Å². The Bertz CT molecular complexity index is 723. The Hall–Kier alpha value is -1.58. The van der Waals surface area contributed by atoms with Crippen LogP contribution in [0.2, 0.25) is 0 Å². The van der Waals surface area contributed by atoms with E-state index in [0.717, 1.165) is 0 Å². The molecule has 0 aliphatic carbocycles. The molecule has 8 heteroatoms. The molecule has 1 aromatic rings.